The highest BCUT2D eigenvalue weighted by molar-refractivity contribution is 7.90. The molecule has 0 unspecified atom stereocenters. The van der Waals surface area contributed by atoms with E-state index in [1.165, 1.54) is 30.3 Å². The van der Waals surface area contributed by atoms with E-state index in [1.807, 2.05) is 11.6 Å². The van der Waals surface area contributed by atoms with Crippen LogP contribution < -0.4 is 10.0 Å². The number of anilines is 1. The van der Waals surface area contributed by atoms with Gasteiger partial charge in [-0.3, -0.25) is 14.2 Å². The van der Waals surface area contributed by atoms with Gasteiger partial charge in [0.1, 0.15) is 10.7 Å². The van der Waals surface area contributed by atoms with Gasteiger partial charge in [0.25, 0.3) is 15.9 Å². The number of carbonyl (C=O) groups is 2. The molecule has 0 aliphatic carbocycles. The number of aromatic nitrogens is 2. The largest absolute Gasteiger partial charge is 0.416 e. The molecule has 8 nitrogen and oxygen atoms in total. The number of hydrogen-bond acceptors (Lipinski definition) is 5. The van der Waals surface area contributed by atoms with Crippen molar-refractivity contribution >= 4 is 38.6 Å². The van der Waals surface area contributed by atoms with Crippen LogP contribution in [0, 0.1) is 0 Å². The molecule has 2 N–H and O–H groups in total. The summed E-state index contributed by atoms with van der Waals surface area (Å²) in [5.74, 6) is -2.21. The van der Waals surface area contributed by atoms with Crippen LogP contribution in [0.15, 0.2) is 89.8 Å². The number of para-hydroxylation sites is 1. The molecule has 0 radical (unpaired) electrons. The highest BCUT2D eigenvalue weighted by Crippen LogP contribution is 2.40. The first kappa shape index (κ1) is 38.8. The Morgan fingerprint density at radius 1 is 0.736 bits per heavy atom. The van der Waals surface area contributed by atoms with Crippen LogP contribution in [0.25, 0.3) is 28.1 Å². The van der Waals surface area contributed by atoms with Gasteiger partial charge in [0.05, 0.1) is 33.4 Å². The average molecular weight is 771 g/mol. The maximum atomic E-state index is 13.8. The number of fused-ring (bicyclic) bond motifs is 1. The molecule has 0 aliphatic rings. The summed E-state index contributed by atoms with van der Waals surface area (Å²) in [6.07, 6.45) is -13.3. The van der Waals surface area contributed by atoms with E-state index in [1.54, 1.807) is 0 Å². The molecule has 0 aliphatic heterocycles. The highest BCUT2D eigenvalue weighted by atomic mass is 32.2. The van der Waals surface area contributed by atoms with Crippen molar-refractivity contribution in [3.63, 3.8) is 0 Å². The molecule has 5 aromatic rings. The second kappa shape index (κ2) is 14.6. The Balaban J connectivity index is 1.60. The minimum atomic E-state index is -5.23. The summed E-state index contributed by atoms with van der Waals surface area (Å²) in [4.78, 5) is 29.5. The Bertz CT molecular complexity index is 2250. The number of sulfonamides is 1. The van der Waals surface area contributed by atoms with Crippen LogP contribution in [-0.4, -0.2) is 29.8 Å². The first-order valence-electron chi connectivity index (χ1n) is 15.6. The molecule has 2 amide bonds. The zero-order valence-electron chi connectivity index (χ0n) is 27.2. The molecule has 4 aromatic carbocycles. The van der Waals surface area contributed by atoms with E-state index in [0.717, 1.165) is 35.3 Å². The summed E-state index contributed by atoms with van der Waals surface area (Å²) < 4.78 is 152. The monoisotopic (exact) mass is 770 g/mol. The van der Waals surface area contributed by atoms with E-state index < -0.39 is 73.3 Å². The predicted molar refractivity (Wildman–Crippen MR) is 175 cm³/mol. The maximum Gasteiger partial charge on any atom is 0.416 e. The summed E-state index contributed by atoms with van der Waals surface area (Å²) in [6.45, 7) is 1.90. The summed E-state index contributed by atoms with van der Waals surface area (Å²) in [7, 11) is -4.45. The van der Waals surface area contributed by atoms with Crippen molar-refractivity contribution in [1.82, 2.24) is 14.3 Å². The number of rotatable bonds is 10. The number of alkyl halides is 9. The number of amides is 2. The fourth-order valence-corrected chi connectivity index (χ4v) is 6.53. The van der Waals surface area contributed by atoms with Gasteiger partial charge in [0, 0.05) is 23.2 Å². The lowest BCUT2D eigenvalue weighted by Gasteiger charge is -2.16. The number of nitrogens with zero attached hydrogens (tertiary/aromatic N) is 2. The Hall–Kier alpha value is -5.39. The third-order valence-electron chi connectivity index (χ3n) is 7.90. The van der Waals surface area contributed by atoms with Gasteiger partial charge >= 0.3 is 18.5 Å². The van der Waals surface area contributed by atoms with Crippen LogP contribution in [0.1, 0.15) is 59.7 Å². The Morgan fingerprint density at radius 2 is 1.34 bits per heavy atom. The molecule has 0 fully saturated rings. The molecule has 0 atom stereocenters. The third kappa shape index (κ3) is 8.81. The van der Waals surface area contributed by atoms with Crippen LogP contribution in [0.3, 0.4) is 0 Å². The second-order valence-electron chi connectivity index (χ2n) is 11.7. The molecule has 0 saturated heterocycles. The maximum absolute atomic E-state index is 13.8. The van der Waals surface area contributed by atoms with Crippen LogP contribution in [0.5, 0.6) is 0 Å². The van der Waals surface area contributed by atoms with Crippen LogP contribution in [-0.2, 0) is 33.3 Å². The lowest BCUT2D eigenvalue weighted by Crippen LogP contribution is -2.31. The van der Waals surface area contributed by atoms with Gasteiger partial charge in [-0.15, -0.1) is 0 Å². The van der Waals surface area contributed by atoms with E-state index in [2.05, 4.69) is 10.3 Å². The Morgan fingerprint density at radius 3 is 1.92 bits per heavy atom. The van der Waals surface area contributed by atoms with Gasteiger partial charge in [0.2, 0.25) is 5.91 Å². The molecule has 0 saturated carbocycles. The number of nitrogens with one attached hydrogen (secondary N) is 2. The number of carbonyl (C=O) groups excluding carboxylic acids is 2. The quantitative estimate of drug-likeness (QED) is 0.109. The third-order valence-corrected chi connectivity index (χ3v) is 9.33. The lowest BCUT2D eigenvalue weighted by molar-refractivity contribution is -0.143. The first-order chi connectivity index (χ1) is 24.7. The molecule has 0 spiro atoms. The van der Waals surface area contributed by atoms with Crippen molar-refractivity contribution < 1.29 is 57.5 Å². The fourth-order valence-electron chi connectivity index (χ4n) is 5.35. The molecule has 0 bridgehead atoms. The molecule has 280 valence electrons. The standard InChI is InChI=1S/C35H27F9N4O4S/c1-2-3-4-9-30(49)47-53(51,52)29-8-6-5-7-26(29)46-32(50)20-10-15-28-27(18-20)45-31(48(28)25-13-11-22(12-14-25)33(36,37)38)21-16-23(34(39,40)41)19-24(17-21)35(42,43)44/h5-8,10-19H,2-4,9H2,1H3,(H,46,50)(H,47,49). The summed E-state index contributed by atoms with van der Waals surface area (Å²) in [6, 6.07) is 12.6. The summed E-state index contributed by atoms with van der Waals surface area (Å²) >= 11 is 0. The van der Waals surface area contributed by atoms with Crippen molar-refractivity contribution in [3.05, 3.63) is 107 Å². The number of benzene rings is 4. The highest BCUT2D eigenvalue weighted by Gasteiger charge is 2.38. The molecule has 5 rings (SSSR count). The van der Waals surface area contributed by atoms with Crippen molar-refractivity contribution in [3.8, 4) is 17.1 Å². The van der Waals surface area contributed by atoms with Crippen LogP contribution in [0.2, 0.25) is 0 Å². The van der Waals surface area contributed by atoms with Gasteiger partial charge < -0.3 is 5.32 Å². The molecule has 1 aromatic heterocycles. The molecule has 18 heteroatoms. The van der Waals surface area contributed by atoms with Crippen molar-refractivity contribution in [2.45, 2.75) is 56.0 Å². The van der Waals surface area contributed by atoms with Crippen LogP contribution in [0.4, 0.5) is 45.2 Å². The molecular formula is C35H27F9N4O4S. The van der Waals surface area contributed by atoms with Gasteiger partial charge in [-0.05, 0) is 79.2 Å². The topological polar surface area (TPSA) is 110 Å². The first-order valence-corrected chi connectivity index (χ1v) is 17.1. The Kier molecular flexibility index (Phi) is 10.7. The SMILES string of the molecule is CCCCCC(=O)NS(=O)(=O)c1ccccc1NC(=O)c1ccc2c(c1)nc(-c1cc(C(F)(F)F)cc(C(F)(F)F)c1)n2-c1ccc(C(F)(F)F)cc1. The van der Waals surface area contributed by atoms with Crippen LogP contribution >= 0.6 is 0 Å². The number of hydrogen-bond donors (Lipinski definition) is 2. The van der Waals surface area contributed by atoms with Gasteiger partial charge in [-0.1, -0.05) is 31.9 Å². The number of halogens is 9. The van der Waals surface area contributed by atoms with Gasteiger partial charge in [-0.25, -0.2) is 18.1 Å². The van der Waals surface area contributed by atoms with Crippen molar-refractivity contribution in [1.29, 1.82) is 0 Å². The fraction of sp³-hybridized carbons (Fsp3) is 0.229. The zero-order valence-corrected chi connectivity index (χ0v) is 28.1. The van der Waals surface area contributed by atoms with E-state index >= 15 is 0 Å². The predicted octanol–water partition coefficient (Wildman–Crippen LogP) is 9.39. The van der Waals surface area contributed by atoms with Gasteiger partial charge in [-0.2, -0.15) is 39.5 Å². The molecular weight excluding hydrogens is 743 g/mol. The molecule has 53 heavy (non-hydrogen) atoms. The van der Waals surface area contributed by atoms with Crippen molar-refractivity contribution in [2.75, 3.05) is 5.32 Å². The van der Waals surface area contributed by atoms with Gasteiger partial charge in [0.15, 0.2) is 0 Å². The second-order valence-corrected chi connectivity index (χ2v) is 13.4. The minimum Gasteiger partial charge on any atom is -0.321 e. The minimum absolute atomic E-state index is 0.0176. The summed E-state index contributed by atoms with van der Waals surface area (Å²) in [5.41, 5.74) is -5.83. The van der Waals surface area contributed by atoms with Crippen molar-refractivity contribution in [2.24, 2.45) is 0 Å². The summed E-state index contributed by atoms with van der Waals surface area (Å²) in [5, 5.41) is 2.42. The Labute approximate surface area is 295 Å². The number of imidazole rings is 1. The van der Waals surface area contributed by atoms with E-state index in [4.69, 9.17) is 0 Å². The van der Waals surface area contributed by atoms with E-state index in [0.29, 0.717) is 37.1 Å². The van der Waals surface area contributed by atoms with E-state index in [9.17, 15) is 57.5 Å². The number of unbranched alkanes of at least 4 members (excludes halogenated alkanes) is 2. The van der Waals surface area contributed by atoms with E-state index in [-0.39, 0.29) is 40.5 Å². The smallest absolute Gasteiger partial charge is 0.321 e. The average Bonchev–Trinajstić information content (AvgIpc) is 3.46. The zero-order chi connectivity index (χ0) is 38.9. The normalized spacial score (nSPS) is 12.6. The lowest BCUT2D eigenvalue weighted by atomic mass is 10.0. The molecule has 1 heterocycles.